The van der Waals surface area contributed by atoms with Crippen molar-refractivity contribution in [3.05, 3.63) is 22.6 Å². The zero-order chi connectivity index (χ0) is 16.5. The number of methoxy groups -OCH3 is 1. The van der Waals surface area contributed by atoms with E-state index in [1.807, 2.05) is 0 Å². The molecule has 0 unspecified atom stereocenters. The number of nitrogens with two attached hydrogens (primary N) is 1. The Bertz CT molecular complexity index is 475. The minimum Gasteiger partial charge on any atom is -0.491 e. The van der Waals surface area contributed by atoms with Gasteiger partial charge in [-0.2, -0.15) is 0 Å². The van der Waals surface area contributed by atoms with E-state index in [2.05, 4.69) is 6.92 Å². The van der Waals surface area contributed by atoms with Crippen molar-refractivity contribution in [3.63, 3.8) is 0 Å². The Morgan fingerprint density at radius 3 is 2.00 bits per heavy atom. The van der Waals surface area contributed by atoms with E-state index >= 15 is 0 Å². The summed E-state index contributed by atoms with van der Waals surface area (Å²) in [5.74, 6) is -0.490. The van der Waals surface area contributed by atoms with Crippen molar-refractivity contribution < 1.29 is 14.3 Å². The van der Waals surface area contributed by atoms with Gasteiger partial charge >= 0.3 is 0 Å². The lowest BCUT2D eigenvalue weighted by Gasteiger charge is -2.19. The molecule has 0 spiro atoms. The number of hydrogen-bond acceptors (Lipinski definition) is 4. The minimum atomic E-state index is -0.272. The second-order valence-electron chi connectivity index (χ2n) is 5.93. The molecule has 0 fully saturated rings. The van der Waals surface area contributed by atoms with E-state index in [1.54, 1.807) is 6.92 Å². The summed E-state index contributed by atoms with van der Waals surface area (Å²) in [5, 5.41) is 0. The Kier molecular flexibility index (Phi) is 7.92. The molecule has 0 aromatic heterocycles. The van der Waals surface area contributed by atoms with Crippen LogP contribution < -0.4 is 5.73 Å². The fraction of sp³-hybridized carbons (Fsp3) is 0.667. The maximum Gasteiger partial charge on any atom is 0.226 e. The molecule has 0 aromatic rings. The maximum atomic E-state index is 12.3. The highest BCUT2D eigenvalue weighted by atomic mass is 16.5. The largest absolute Gasteiger partial charge is 0.491 e. The van der Waals surface area contributed by atoms with Crippen LogP contribution in [0.4, 0.5) is 0 Å². The highest BCUT2D eigenvalue weighted by molar-refractivity contribution is 6.23. The van der Waals surface area contributed by atoms with Gasteiger partial charge in [0.15, 0.2) is 5.76 Å². The van der Waals surface area contributed by atoms with E-state index in [1.165, 1.54) is 45.6 Å². The second-order valence-corrected chi connectivity index (χ2v) is 5.93. The predicted molar refractivity (Wildman–Crippen MR) is 88.2 cm³/mol. The summed E-state index contributed by atoms with van der Waals surface area (Å²) < 4.78 is 5.00. The van der Waals surface area contributed by atoms with Gasteiger partial charge in [0.2, 0.25) is 11.6 Å². The zero-order valence-electron chi connectivity index (χ0n) is 14.2. The summed E-state index contributed by atoms with van der Waals surface area (Å²) in [6, 6.07) is 0. The number of allylic oxidation sites excluding steroid dienone is 2. The third kappa shape index (κ3) is 4.72. The first-order valence-electron chi connectivity index (χ1n) is 8.37. The highest BCUT2D eigenvalue weighted by Gasteiger charge is 2.31. The average Bonchev–Trinajstić information content (AvgIpc) is 2.51. The molecule has 0 bridgehead atoms. The summed E-state index contributed by atoms with van der Waals surface area (Å²) in [5.41, 5.74) is 6.64. The number of carbonyl (C=O) groups excluding carboxylic acids is 2. The summed E-state index contributed by atoms with van der Waals surface area (Å²) in [7, 11) is 1.38. The predicted octanol–water partition coefficient (Wildman–Crippen LogP) is 3.80. The molecular formula is C18H29NO3. The van der Waals surface area contributed by atoms with Gasteiger partial charge in [-0.3, -0.25) is 9.59 Å². The van der Waals surface area contributed by atoms with E-state index in [-0.39, 0.29) is 23.0 Å². The van der Waals surface area contributed by atoms with E-state index in [4.69, 9.17) is 10.5 Å². The van der Waals surface area contributed by atoms with E-state index in [0.717, 1.165) is 12.8 Å². The molecule has 4 nitrogen and oxygen atoms in total. The van der Waals surface area contributed by atoms with Crippen LogP contribution in [0.5, 0.6) is 0 Å². The summed E-state index contributed by atoms with van der Waals surface area (Å²) in [4.78, 5) is 24.3. The minimum absolute atomic E-state index is 0.00478. The van der Waals surface area contributed by atoms with E-state index in [9.17, 15) is 9.59 Å². The van der Waals surface area contributed by atoms with Crippen molar-refractivity contribution in [2.75, 3.05) is 7.11 Å². The molecule has 0 amide bonds. The first-order chi connectivity index (χ1) is 10.5. The third-order valence-electron chi connectivity index (χ3n) is 4.25. The van der Waals surface area contributed by atoms with Crippen molar-refractivity contribution in [2.45, 2.75) is 71.6 Å². The van der Waals surface area contributed by atoms with Crippen LogP contribution in [0.15, 0.2) is 22.6 Å². The molecule has 0 heterocycles. The normalized spacial score (nSPS) is 15.8. The lowest BCUT2D eigenvalue weighted by Crippen LogP contribution is -2.28. The molecule has 1 aliphatic carbocycles. The van der Waals surface area contributed by atoms with Crippen LogP contribution in [0.1, 0.15) is 71.6 Å². The van der Waals surface area contributed by atoms with E-state index in [0.29, 0.717) is 17.6 Å². The molecular weight excluding hydrogens is 278 g/mol. The molecule has 0 saturated heterocycles. The molecule has 1 aliphatic rings. The molecule has 2 N–H and O–H groups in total. The molecule has 22 heavy (non-hydrogen) atoms. The number of rotatable bonds is 10. The lowest BCUT2D eigenvalue weighted by molar-refractivity contribution is -0.119. The Labute approximate surface area is 133 Å². The molecule has 0 radical (unpaired) electrons. The van der Waals surface area contributed by atoms with Crippen molar-refractivity contribution >= 4 is 11.6 Å². The molecule has 0 aromatic carbocycles. The Morgan fingerprint density at radius 2 is 1.45 bits per heavy atom. The molecule has 124 valence electrons. The first kappa shape index (κ1) is 18.5. The summed E-state index contributed by atoms with van der Waals surface area (Å²) >= 11 is 0. The van der Waals surface area contributed by atoms with Gasteiger partial charge in [-0.05, 0) is 19.8 Å². The fourth-order valence-corrected chi connectivity index (χ4v) is 2.81. The van der Waals surface area contributed by atoms with Gasteiger partial charge in [0.25, 0.3) is 0 Å². The highest BCUT2D eigenvalue weighted by Crippen LogP contribution is 2.26. The standard InChI is InChI=1S/C18H29NO3/c1-4-5-6-7-8-9-10-11-12-14-13(2)16(20)15(19)18(22-3)17(14)21/h4-12,19H2,1-3H3. The Balaban J connectivity index is 2.42. The van der Waals surface area contributed by atoms with Crippen molar-refractivity contribution in [1.29, 1.82) is 0 Å². The number of carbonyl (C=O) groups is 2. The fourth-order valence-electron chi connectivity index (χ4n) is 2.81. The molecule has 0 saturated carbocycles. The first-order valence-corrected chi connectivity index (χ1v) is 8.37. The number of unbranched alkanes of at least 4 members (excludes halogenated alkanes) is 7. The van der Waals surface area contributed by atoms with Gasteiger partial charge in [0.1, 0.15) is 5.70 Å². The maximum absolute atomic E-state index is 12.3. The zero-order valence-corrected chi connectivity index (χ0v) is 14.2. The number of ketones is 2. The van der Waals surface area contributed by atoms with Gasteiger partial charge in [-0.15, -0.1) is 0 Å². The van der Waals surface area contributed by atoms with Crippen LogP contribution in [0.2, 0.25) is 0 Å². The summed E-state index contributed by atoms with van der Waals surface area (Å²) in [6.45, 7) is 3.90. The average molecular weight is 307 g/mol. The Morgan fingerprint density at radius 1 is 0.909 bits per heavy atom. The topological polar surface area (TPSA) is 69.4 Å². The molecule has 0 atom stereocenters. The van der Waals surface area contributed by atoms with Crippen LogP contribution in [0.3, 0.4) is 0 Å². The second kappa shape index (κ2) is 9.44. The summed E-state index contributed by atoms with van der Waals surface area (Å²) in [6.07, 6.45) is 10.3. The number of Topliss-reactive ketones (excluding diaryl/α,β-unsaturated/α-hetero) is 2. The van der Waals surface area contributed by atoms with Crippen molar-refractivity contribution in [2.24, 2.45) is 5.73 Å². The molecule has 0 aliphatic heterocycles. The number of ether oxygens (including phenoxy) is 1. The van der Waals surface area contributed by atoms with Crippen LogP contribution in [0, 0.1) is 0 Å². The van der Waals surface area contributed by atoms with Crippen molar-refractivity contribution in [1.82, 2.24) is 0 Å². The number of hydrogen-bond donors (Lipinski definition) is 1. The SMILES string of the molecule is CCCCCCCCCCC1=C(C)C(=O)C(N)=C(OC)C1=O. The van der Waals surface area contributed by atoms with Crippen LogP contribution in [0.25, 0.3) is 0 Å². The third-order valence-corrected chi connectivity index (χ3v) is 4.25. The lowest BCUT2D eigenvalue weighted by atomic mass is 9.89. The van der Waals surface area contributed by atoms with Crippen LogP contribution in [-0.2, 0) is 14.3 Å². The van der Waals surface area contributed by atoms with Crippen LogP contribution >= 0.6 is 0 Å². The van der Waals surface area contributed by atoms with E-state index < -0.39 is 0 Å². The Hall–Kier alpha value is -1.58. The quantitative estimate of drug-likeness (QED) is 0.492. The molecule has 4 heteroatoms. The smallest absolute Gasteiger partial charge is 0.226 e. The van der Waals surface area contributed by atoms with Crippen molar-refractivity contribution in [3.8, 4) is 0 Å². The van der Waals surface area contributed by atoms with Crippen LogP contribution in [-0.4, -0.2) is 18.7 Å². The van der Waals surface area contributed by atoms with Gasteiger partial charge in [0, 0.05) is 11.1 Å². The monoisotopic (exact) mass is 307 g/mol. The van der Waals surface area contributed by atoms with Gasteiger partial charge in [-0.1, -0.05) is 51.9 Å². The van der Waals surface area contributed by atoms with Gasteiger partial charge in [0.05, 0.1) is 7.11 Å². The van der Waals surface area contributed by atoms with Gasteiger partial charge < -0.3 is 10.5 Å². The molecule has 1 rings (SSSR count). The van der Waals surface area contributed by atoms with Gasteiger partial charge in [-0.25, -0.2) is 0 Å².